The van der Waals surface area contributed by atoms with E-state index < -0.39 is 17.8 Å². The van der Waals surface area contributed by atoms with Crippen molar-refractivity contribution in [2.75, 3.05) is 0 Å². The van der Waals surface area contributed by atoms with Crippen LogP contribution in [0.5, 0.6) is 0 Å². The Morgan fingerprint density at radius 2 is 1.80 bits per heavy atom. The number of hydrogen-bond donors (Lipinski definition) is 1. The van der Waals surface area contributed by atoms with E-state index in [9.17, 15) is 18.3 Å². The Balaban J connectivity index is 2.13. The summed E-state index contributed by atoms with van der Waals surface area (Å²) in [7, 11) is 0. The molecule has 0 saturated heterocycles. The van der Waals surface area contributed by atoms with Crippen molar-refractivity contribution in [3.05, 3.63) is 52.8 Å². The summed E-state index contributed by atoms with van der Waals surface area (Å²) < 4.78 is 39.0. The number of aliphatic hydroxyl groups excluding tert-OH is 1. The molecule has 0 spiro atoms. The van der Waals surface area contributed by atoms with Crippen LogP contribution in [0.3, 0.4) is 0 Å². The topological polar surface area (TPSA) is 38.0 Å². The van der Waals surface area contributed by atoms with Crippen LogP contribution >= 0.6 is 0 Å². The summed E-state index contributed by atoms with van der Waals surface area (Å²) in [6, 6.07) is 6.40. The highest BCUT2D eigenvalue weighted by Crippen LogP contribution is 2.30. The molecule has 20 heavy (non-hydrogen) atoms. The summed E-state index contributed by atoms with van der Waals surface area (Å²) in [4.78, 5) is 0. The summed E-state index contributed by atoms with van der Waals surface area (Å²) in [5.41, 5.74) is 1.45. The lowest BCUT2D eigenvalue weighted by atomic mass is 10.1. The summed E-state index contributed by atoms with van der Waals surface area (Å²) in [6.07, 6.45) is -5.26. The van der Waals surface area contributed by atoms with E-state index in [0.29, 0.717) is 5.56 Å². The molecule has 1 heterocycles. The molecular formula is C14H15F3N2O. The van der Waals surface area contributed by atoms with Gasteiger partial charge in [0, 0.05) is 5.69 Å². The quantitative estimate of drug-likeness (QED) is 0.939. The Kier molecular flexibility index (Phi) is 3.85. The number of halogens is 3. The molecule has 0 saturated carbocycles. The molecule has 0 radical (unpaired) electrons. The van der Waals surface area contributed by atoms with Gasteiger partial charge in [-0.05, 0) is 37.6 Å². The highest BCUT2D eigenvalue weighted by Gasteiger charge is 2.30. The Hall–Kier alpha value is -1.82. The number of nitrogens with zero attached hydrogens (tertiary/aromatic N) is 2. The molecule has 6 heteroatoms. The van der Waals surface area contributed by atoms with Gasteiger partial charge in [0.2, 0.25) is 0 Å². The molecule has 108 valence electrons. The summed E-state index contributed by atoms with van der Waals surface area (Å²) in [5.74, 6) is 0. The molecule has 2 rings (SSSR count). The van der Waals surface area contributed by atoms with Crippen molar-refractivity contribution in [2.24, 2.45) is 0 Å². The largest absolute Gasteiger partial charge is 0.416 e. The minimum atomic E-state index is -4.36. The van der Waals surface area contributed by atoms with Gasteiger partial charge in [0.25, 0.3) is 0 Å². The average molecular weight is 284 g/mol. The SMILES string of the molecule is Cc1cc(C)n(C[C@@H](O)c2ccc(C(F)(F)F)cc2)n1. The number of aryl methyl sites for hydroxylation is 2. The Morgan fingerprint density at radius 1 is 1.20 bits per heavy atom. The number of benzene rings is 1. The van der Waals surface area contributed by atoms with E-state index in [-0.39, 0.29) is 6.54 Å². The zero-order valence-electron chi connectivity index (χ0n) is 11.1. The molecule has 1 aromatic heterocycles. The van der Waals surface area contributed by atoms with Crippen molar-refractivity contribution in [1.82, 2.24) is 9.78 Å². The van der Waals surface area contributed by atoms with Crippen molar-refractivity contribution in [1.29, 1.82) is 0 Å². The highest BCUT2D eigenvalue weighted by atomic mass is 19.4. The first-order valence-electron chi connectivity index (χ1n) is 6.13. The number of hydrogen-bond acceptors (Lipinski definition) is 2. The molecule has 1 aromatic carbocycles. The first-order chi connectivity index (χ1) is 9.27. The van der Waals surface area contributed by atoms with Crippen molar-refractivity contribution >= 4 is 0 Å². The van der Waals surface area contributed by atoms with Gasteiger partial charge in [0.1, 0.15) is 0 Å². The predicted octanol–water partition coefficient (Wildman–Crippen LogP) is 3.25. The van der Waals surface area contributed by atoms with Crippen LogP contribution in [0.15, 0.2) is 30.3 Å². The van der Waals surface area contributed by atoms with E-state index >= 15 is 0 Å². The van der Waals surface area contributed by atoms with Crippen LogP contribution < -0.4 is 0 Å². The second kappa shape index (κ2) is 5.28. The summed E-state index contributed by atoms with van der Waals surface area (Å²) in [6.45, 7) is 3.92. The first kappa shape index (κ1) is 14.6. The fourth-order valence-electron chi connectivity index (χ4n) is 2.02. The lowest BCUT2D eigenvalue weighted by molar-refractivity contribution is -0.137. The molecular weight excluding hydrogens is 269 g/mol. The Morgan fingerprint density at radius 3 is 2.25 bits per heavy atom. The van der Waals surface area contributed by atoms with Crippen LogP contribution in [0.1, 0.15) is 28.6 Å². The van der Waals surface area contributed by atoms with Crippen molar-refractivity contribution < 1.29 is 18.3 Å². The third kappa shape index (κ3) is 3.19. The van der Waals surface area contributed by atoms with Crippen LogP contribution in [0.4, 0.5) is 13.2 Å². The van der Waals surface area contributed by atoms with E-state index in [1.165, 1.54) is 12.1 Å². The van der Waals surface area contributed by atoms with E-state index in [1.807, 2.05) is 19.9 Å². The molecule has 0 fully saturated rings. The van der Waals surface area contributed by atoms with Crippen molar-refractivity contribution in [3.63, 3.8) is 0 Å². The van der Waals surface area contributed by atoms with Crippen LogP contribution in [-0.2, 0) is 12.7 Å². The van der Waals surface area contributed by atoms with E-state index in [1.54, 1.807) is 4.68 Å². The second-order valence-electron chi connectivity index (χ2n) is 4.74. The number of aromatic nitrogens is 2. The zero-order chi connectivity index (χ0) is 14.9. The smallest absolute Gasteiger partial charge is 0.386 e. The summed E-state index contributed by atoms with van der Waals surface area (Å²) >= 11 is 0. The molecule has 0 aliphatic rings. The molecule has 0 bridgehead atoms. The fraction of sp³-hybridized carbons (Fsp3) is 0.357. The van der Waals surface area contributed by atoms with Gasteiger partial charge in [-0.3, -0.25) is 4.68 Å². The van der Waals surface area contributed by atoms with Gasteiger partial charge >= 0.3 is 6.18 Å². The molecule has 1 N–H and O–H groups in total. The standard InChI is InChI=1S/C14H15F3N2O/c1-9-7-10(2)19(18-9)8-13(20)11-3-5-12(6-4-11)14(15,16)17/h3-7,13,20H,8H2,1-2H3/t13-/m1/s1. The Bertz CT molecular complexity index is 587. The van der Waals surface area contributed by atoms with E-state index in [0.717, 1.165) is 23.5 Å². The van der Waals surface area contributed by atoms with Gasteiger partial charge in [-0.15, -0.1) is 0 Å². The fourth-order valence-corrected chi connectivity index (χ4v) is 2.02. The highest BCUT2D eigenvalue weighted by molar-refractivity contribution is 5.26. The third-order valence-electron chi connectivity index (χ3n) is 3.07. The average Bonchev–Trinajstić information content (AvgIpc) is 2.67. The molecule has 0 amide bonds. The van der Waals surface area contributed by atoms with Gasteiger partial charge < -0.3 is 5.11 Å². The maximum atomic E-state index is 12.4. The minimum absolute atomic E-state index is 0.213. The van der Waals surface area contributed by atoms with Gasteiger partial charge in [-0.25, -0.2) is 0 Å². The number of alkyl halides is 3. The van der Waals surface area contributed by atoms with E-state index in [4.69, 9.17) is 0 Å². The molecule has 0 aliphatic heterocycles. The molecule has 0 aliphatic carbocycles. The van der Waals surface area contributed by atoms with Crippen molar-refractivity contribution in [3.8, 4) is 0 Å². The van der Waals surface area contributed by atoms with Crippen molar-refractivity contribution in [2.45, 2.75) is 32.7 Å². The maximum absolute atomic E-state index is 12.4. The molecule has 1 atom stereocenters. The number of aliphatic hydroxyl groups is 1. The first-order valence-corrected chi connectivity index (χ1v) is 6.13. The van der Waals surface area contributed by atoms with Crippen LogP contribution in [-0.4, -0.2) is 14.9 Å². The minimum Gasteiger partial charge on any atom is -0.386 e. The van der Waals surface area contributed by atoms with Crippen LogP contribution in [0.2, 0.25) is 0 Å². The maximum Gasteiger partial charge on any atom is 0.416 e. The number of rotatable bonds is 3. The molecule has 3 nitrogen and oxygen atoms in total. The second-order valence-corrected chi connectivity index (χ2v) is 4.74. The lowest BCUT2D eigenvalue weighted by Crippen LogP contribution is -2.12. The van der Waals surface area contributed by atoms with Gasteiger partial charge in [0.15, 0.2) is 0 Å². The van der Waals surface area contributed by atoms with Gasteiger partial charge in [-0.1, -0.05) is 12.1 Å². The summed E-state index contributed by atoms with van der Waals surface area (Å²) in [5, 5.41) is 14.3. The van der Waals surface area contributed by atoms with Gasteiger partial charge in [0.05, 0.1) is 23.9 Å². The zero-order valence-corrected chi connectivity index (χ0v) is 11.1. The normalized spacial score (nSPS) is 13.5. The monoisotopic (exact) mass is 284 g/mol. The molecule has 2 aromatic rings. The lowest BCUT2D eigenvalue weighted by Gasteiger charge is -2.14. The predicted molar refractivity (Wildman–Crippen MR) is 68.1 cm³/mol. The van der Waals surface area contributed by atoms with Gasteiger partial charge in [-0.2, -0.15) is 18.3 Å². The van der Waals surface area contributed by atoms with Crippen LogP contribution in [0.25, 0.3) is 0 Å². The van der Waals surface area contributed by atoms with E-state index in [2.05, 4.69) is 5.10 Å². The van der Waals surface area contributed by atoms with Crippen LogP contribution in [0, 0.1) is 13.8 Å². The Labute approximate surface area is 114 Å². The third-order valence-corrected chi connectivity index (χ3v) is 3.07. The molecule has 0 unspecified atom stereocenters.